The minimum atomic E-state index is -0.994. The number of carboxylic acids is 1. The number of fused-ring (bicyclic) bond motifs is 3. The molecule has 0 saturated carbocycles. The minimum Gasteiger partial charge on any atom is -0.480 e. The van der Waals surface area contributed by atoms with Crippen LogP contribution in [0.2, 0.25) is 0 Å². The average Bonchev–Trinajstić information content (AvgIpc) is 2.98. The van der Waals surface area contributed by atoms with Crippen molar-refractivity contribution >= 4 is 18.0 Å². The SMILES string of the molecule is C[C@@H](CC(=O)N1CCC1C(=O)O)NC(=O)OCC1c2ccccc2-c2ccccc21. The Hall–Kier alpha value is -3.35. The summed E-state index contributed by atoms with van der Waals surface area (Å²) in [6.45, 7) is 2.34. The summed E-state index contributed by atoms with van der Waals surface area (Å²) in [4.78, 5) is 36.9. The highest BCUT2D eigenvalue weighted by Gasteiger charge is 2.37. The summed E-state index contributed by atoms with van der Waals surface area (Å²) in [5, 5.41) is 11.7. The van der Waals surface area contributed by atoms with Crippen molar-refractivity contribution in [1.82, 2.24) is 10.2 Å². The molecule has 0 bridgehead atoms. The fraction of sp³-hybridized carbons (Fsp3) is 0.348. The van der Waals surface area contributed by atoms with E-state index >= 15 is 0 Å². The lowest BCUT2D eigenvalue weighted by Crippen LogP contribution is -2.56. The van der Waals surface area contributed by atoms with Crippen LogP contribution in [0.25, 0.3) is 11.1 Å². The number of hydrogen-bond acceptors (Lipinski definition) is 4. The van der Waals surface area contributed by atoms with E-state index in [9.17, 15) is 14.4 Å². The van der Waals surface area contributed by atoms with E-state index in [-0.39, 0.29) is 24.9 Å². The zero-order valence-corrected chi connectivity index (χ0v) is 16.7. The molecule has 1 aliphatic carbocycles. The van der Waals surface area contributed by atoms with Crippen molar-refractivity contribution in [2.75, 3.05) is 13.2 Å². The number of nitrogens with one attached hydrogen (secondary N) is 1. The normalized spacial score (nSPS) is 18.0. The van der Waals surface area contributed by atoms with Gasteiger partial charge in [0, 0.05) is 24.9 Å². The van der Waals surface area contributed by atoms with Gasteiger partial charge in [0.25, 0.3) is 0 Å². The predicted octanol–water partition coefficient (Wildman–Crippen LogP) is 2.99. The quantitative estimate of drug-likeness (QED) is 0.766. The molecule has 7 heteroatoms. The molecule has 1 saturated heterocycles. The van der Waals surface area contributed by atoms with Crippen LogP contribution in [0.3, 0.4) is 0 Å². The molecule has 0 aromatic heterocycles. The molecular formula is C23H24N2O5. The van der Waals surface area contributed by atoms with E-state index in [4.69, 9.17) is 9.84 Å². The number of carbonyl (C=O) groups excluding carboxylic acids is 2. The second-order valence-electron chi connectivity index (χ2n) is 7.80. The van der Waals surface area contributed by atoms with Crippen LogP contribution in [-0.4, -0.2) is 53.2 Å². The van der Waals surface area contributed by atoms with Gasteiger partial charge in [0.2, 0.25) is 5.91 Å². The number of benzene rings is 2. The first-order valence-corrected chi connectivity index (χ1v) is 10.1. The van der Waals surface area contributed by atoms with Crippen molar-refractivity contribution in [3.8, 4) is 11.1 Å². The third kappa shape index (κ3) is 3.75. The Kier molecular flexibility index (Phi) is 5.44. The molecule has 2 aromatic rings. The van der Waals surface area contributed by atoms with Crippen LogP contribution in [0.4, 0.5) is 4.79 Å². The smallest absolute Gasteiger partial charge is 0.407 e. The van der Waals surface area contributed by atoms with Gasteiger partial charge in [-0.25, -0.2) is 9.59 Å². The molecule has 1 fully saturated rings. The second-order valence-corrected chi connectivity index (χ2v) is 7.80. The molecular weight excluding hydrogens is 384 g/mol. The zero-order chi connectivity index (χ0) is 21.3. The van der Waals surface area contributed by atoms with E-state index in [2.05, 4.69) is 29.6 Å². The minimum absolute atomic E-state index is 0.0301. The van der Waals surface area contributed by atoms with E-state index in [1.165, 1.54) is 4.90 Å². The van der Waals surface area contributed by atoms with E-state index in [0.717, 1.165) is 22.3 Å². The molecule has 2 aliphatic rings. The highest BCUT2D eigenvalue weighted by molar-refractivity contribution is 5.86. The number of aliphatic carboxylic acids is 1. The Labute approximate surface area is 174 Å². The fourth-order valence-electron chi connectivity index (χ4n) is 4.21. The molecule has 156 valence electrons. The molecule has 2 N–H and O–H groups in total. The van der Waals surface area contributed by atoms with Crippen molar-refractivity contribution in [2.24, 2.45) is 0 Å². The number of hydrogen-bond donors (Lipinski definition) is 2. The maximum absolute atomic E-state index is 12.3. The van der Waals surface area contributed by atoms with E-state index in [1.54, 1.807) is 6.92 Å². The summed E-state index contributed by atoms with van der Waals surface area (Å²) in [6, 6.07) is 15.0. The van der Waals surface area contributed by atoms with Gasteiger partial charge in [-0.2, -0.15) is 0 Å². The number of carbonyl (C=O) groups is 3. The lowest BCUT2D eigenvalue weighted by Gasteiger charge is -2.38. The van der Waals surface area contributed by atoms with Crippen LogP contribution in [0.5, 0.6) is 0 Å². The summed E-state index contributed by atoms with van der Waals surface area (Å²) in [7, 11) is 0. The van der Waals surface area contributed by atoms with E-state index < -0.39 is 24.1 Å². The molecule has 1 aliphatic heterocycles. The predicted molar refractivity (Wildman–Crippen MR) is 110 cm³/mol. The van der Waals surface area contributed by atoms with Gasteiger partial charge in [-0.1, -0.05) is 48.5 Å². The summed E-state index contributed by atoms with van der Waals surface area (Å²) in [5.74, 6) is -1.30. The Morgan fingerprint density at radius 2 is 1.70 bits per heavy atom. The van der Waals surface area contributed by atoms with Crippen molar-refractivity contribution in [3.05, 3.63) is 59.7 Å². The van der Waals surface area contributed by atoms with E-state index in [0.29, 0.717) is 13.0 Å². The third-order valence-corrected chi connectivity index (χ3v) is 5.81. The maximum atomic E-state index is 12.3. The van der Waals surface area contributed by atoms with Gasteiger partial charge >= 0.3 is 12.1 Å². The number of rotatable bonds is 6. The number of amides is 2. The van der Waals surface area contributed by atoms with E-state index in [1.807, 2.05) is 24.3 Å². The summed E-state index contributed by atoms with van der Waals surface area (Å²) >= 11 is 0. The van der Waals surface area contributed by atoms with Gasteiger partial charge in [-0.15, -0.1) is 0 Å². The molecule has 0 radical (unpaired) electrons. The number of likely N-dealkylation sites (tertiary alicyclic amines) is 1. The van der Waals surface area contributed by atoms with Crippen LogP contribution in [0, 0.1) is 0 Å². The highest BCUT2D eigenvalue weighted by Crippen LogP contribution is 2.44. The summed E-state index contributed by atoms with van der Waals surface area (Å²) in [6.07, 6.45) is -0.0842. The topological polar surface area (TPSA) is 95.9 Å². The first-order valence-electron chi connectivity index (χ1n) is 10.1. The molecule has 2 aromatic carbocycles. The number of ether oxygens (including phenoxy) is 1. The highest BCUT2D eigenvalue weighted by atomic mass is 16.5. The van der Waals surface area contributed by atoms with Crippen molar-refractivity contribution in [2.45, 2.75) is 37.8 Å². The van der Waals surface area contributed by atoms with Gasteiger partial charge < -0.3 is 20.1 Å². The Balaban J connectivity index is 1.32. The van der Waals surface area contributed by atoms with Crippen LogP contribution in [0.1, 0.15) is 36.8 Å². The van der Waals surface area contributed by atoms with Crippen LogP contribution in [-0.2, 0) is 14.3 Å². The van der Waals surface area contributed by atoms with Gasteiger partial charge in [0.15, 0.2) is 0 Å². The first-order chi connectivity index (χ1) is 14.5. The number of alkyl carbamates (subject to hydrolysis) is 1. The third-order valence-electron chi connectivity index (χ3n) is 5.81. The summed E-state index contributed by atoms with van der Waals surface area (Å²) in [5.41, 5.74) is 4.58. The summed E-state index contributed by atoms with van der Waals surface area (Å²) < 4.78 is 5.48. The standard InChI is InChI=1S/C23H24N2O5/c1-14(12-21(26)25-11-10-20(25)22(27)28)24-23(29)30-13-19-17-8-4-2-6-15(17)16-7-3-5-9-18(16)19/h2-9,14,19-20H,10-13H2,1H3,(H,24,29)(H,27,28)/t14-,20?/m0/s1. The number of nitrogens with zero attached hydrogens (tertiary/aromatic N) is 1. The van der Waals surface area contributed by atoms with Gasteiger partial charge in [-0.05, 0) is 35.6 Å². The Morgan fingerprint density at radius 1 is 1.10 bits per heavy atom. The van der Waals surface area contributed by atoms with Gasteiger partial charge in [0.05, 0.1) is 0 Å². The Morgan fingerprint density at radius 3 is 2.23 bits per heavy atom. The molecule has 30 heavy (non-hydrogen) atoms. The first kappa shape index (κ1) is 19.9. The van der Waals surface area contributed by atoms with Gasteiger partial charge in [0.1, 0.15) is 12.6 Å². The maximum Gasteiger partial charge on any atom is 0.407 e. The molecule has 2 amide bonds. The number of carboxylic acid groups (broad SMARTS) is 1. The molecule has 0 spiro atoms. The van der Waals surface area contributed by atoms with Crippen LogP contribution >= 0.6 is 0 Å². The molecule has 7 nitrogen and oxygen atoms in total. The lowest BCUT2D eigenvalue weighted by molar-refractivity contribution is -0.157. The lowest BCUT2D eigenvalue weighted by atomic mass is 9.98. The molecule has 2 atom stereocenters. The van der Waals surface area contributed by atoms with Crippen LogP contribution in [0.15, 0.2) is 48.5 Å². The Bertz CT molecular complexity index is 944. The van der Waals surface area contributed by atoms with Crippen molar-refractivity contribution < 1.29 is 24.2 Å². The zero-order valence-electron chi connectivity index (χ0n) is 16.7. The largest absolute Gasteiger partial charge is 0.480 e. The monoisotopic (exact) mass is 408 g/mol. The average molecular weight is 408 g/mol. The molecule has 1 unspecified atom stereocenters. The van der Waals surface area contributed by atoms with Crippen molar-refractivity contribution in [1.29, 1.82) is 0 Å². The van der Waals surface area contributed by atoms with Gasteiger partial charge in [-0.3, -0.25) is 4.79 Å². The fourth-order valence-corrected chi connectivity index (χ4v) is 4.21. The van der Waals surface area contributed by atoms with Crippen LogP contribution < -0.4 is 5.32 Å². The molecule has 4 rings (SSSR count). The molecule has 1 heterocycles. The second kappa shape index (κ2) is 8.18. The van der Waals surface area contributed by atoms with Crippen molar-refractivity contribution in [3.63, 3.8) is 0 Å².